The number of carbonyl (C=O) groups is 1. The van der Waals surface area contributed by atoms with E-state index in [0.29, 0.717) is 12.5 Å². The third-order valence-electron chi connectivity index (χ3n) is 4.33. The topological polar surface area (TPSA) is 69.6 Å². The predicted molar refractivity (Wildman–Crippen MR) is 116 cm³/mol. The number of likely N-dealkylation sites (tertiary alicyclic amines) is 1. The number of aromatic nitrogens is 1. The van der Waals surface area contributed by atoms with E-state index in [1.165, 1.54) is 0 Å². The van der Waals surface area contributed by atoms with Gasteiger partial charge in [0, 0.05) is 31.2 Å². The van der Waals surface area contributed by atoms with Gasteiger partial charge in [-0.2, -0.15) is 0 Å². The number of nitrogens with zero attached hydrogens (tertiary/aromatic N) is 3. The normalized spacial score (nSPS) is 14.2. The Labute approximate surface area is 171 Å². The van der Waals surface area contributed by atoms with E-state index >= 15 is 0 Å². The highest BCUT2D eigenvalue weighted by Gasteiger charge is 2.17. The summed E-state index contributed by atoms with van der Waals surface area (Å²) < 4.78 is 0. The molecule has 2 heterocycles. The molecule has 0 spiro atoms. The van der Waals surface area contributed by atoms with Crippen molar-refractivity contribution >= 4 is 46.7 Å². The Morgan fingerprint density at radius 1 is 1.19 bits per heavy atom. The molecule has 1 aromatic heterocycles. The average Bonchev–Trinajstić information content (AvgIpc) is 3.18. The highest BCUT2D eigenvalue weighted by molar-refractivity contribution is 14.0. The molecule has 0 saturated carbocycles. The van der Waals surface area contributed by atoms with Crippen molar-refractivity contribution in [2.75, 3.05) is 26.2 Å². The number of halogens is 1. The van der Waals surface area contributed by atoms with Gasteiger partial charge in [-0.1, -0.05) is 24.3 Å². The van der Waals surface area contributed by atoms with Gasteiger partial charge in [0.1, 0.15) is 0 Å². The summed E-state index contributed by atoms with van der Waals surface area (Å²) in [5.74, 6) is 0.790. The highest BCUT2D eigenvalue weighted by atomic mass is 127. The fraction of sp³-hybridized carbons (Fsp3) is 0.421. The first-order valence-electron chi connectivity index (χ1n) is 8.90. The minimum atomic E-state index is 0. The number of benzene rings is 1. The number of para-hydroxylation sites is 1. The molecule has 1 fully saturated rings. The first-order chi connectivity index (χ1) is 12.3. The molecule has 1 saturated heterocycles. The smallest absolute Gasteiger partial charge is 0.241 e. The molecule has 26 heavy (non-hydrogen) atoms. The second kappa shape index (κ2) is 10.3. The van der Waals surface area contributed by atoms with Crippen molar-refractivity contribution in [3.63, 3.8) is 0 Å². The molecule has 0 bridgehead atoms. The van der Waals surface area contributed by atoms with Crippen LogP contribution in [0.1, 0.15) is 25.3 Å². The van der Waals surface area contributed by atoms with E-state index in [9.17, 15) is 4.79 Å². The van der Waals surface area contributed by atoms with Crippen molar-refractivity contribution in [2.24, 2.45) is 4.99 Å². The first-order valence-corrected chi connectivity index (χ1v) is 8.90. The number of carbonyl (C=O) groups excluding carboxylic acids is 1. The van der Waals surface area contributed by atoms with Gasteiger partial charge in [0.05, 0.1) is 18.6 Å². The number of amides is 1. The zero-order chi connectivity index (χ0) is 17.5. The molecule has 0 atom stereocenters. The van der Waals surface area contributed by atoms with Gasteiger partial charge in [-0.3, -0.25) is 9.78 Å². The lowest BCUT2D eigenvalue weighted by atomic mass is 10.1. The Morgan fingerprint density at radius 3 is 2.73 bits per heavy atom. The van der Waals surface area contributed by atoms with Crippen LogP contribution in [0.2, 0.25) is 0 Å². The maximum Gasteiger partial charge on any atom is 0.241 e. The monoisotopic (exact) mass is 467 g/mol. The van der Waals surface area contributed by atoms with E-state index in [0.717, 1.165) is 48.9 Å². The second-order valence-electron chi connectivity index (χ2n) is 6.13. The van der Waals surface area contributed by atoms with Crippen molar-refractivity contribution < 1.29 is 4.79 Å². The van der Waals surface area contributed by atoms with Gasteiger partial charge in [-0.05, 0) is 31.4 Å². The summed E-state index contributed by atoms with van der Waals surface area (Å²) in [5, 5.41) is 7.45. The minimum Gasteiger partial charge on any atom is -0.357 e. The molecular weight excluding hydrogens is 441 g/mol. The summed E-state index contributed by atoms with van der Waals surface area (Å²) in [5.41, 5.74) is 2.04. The van der Waals surface area contributed by atoms with Crippen molar-refractivity contribution in [2.45, 2.75) is 26.3 Å². The van der Waals surface area contributed by atoms with Gasteiger partial charge < -0.3 is 15.5 Å². The SMILES string of the molecule is CCNC(=NCc1cccc2cccnc12)NCC(=O)N1CCCC1.I. The Bertz CT molecular complexity index is 753. The molecule has 0 unspecified atom stereocenters. The van der Waals surface area contributed by atoms with Crippen LogP contribution in [0.3, 0.4) is 0 Å². The average molecular weight is 467 g/mol. The fourth-order valence-corrected chi connectivity index (χ4v) is 3.04. The van der Waals surface area contributed by atoms with E-state index in [1.807, 2.05) is 42.2 Å². The van der Waals surface area contributed by atoms with Crippen molar-refractivity contribution in [3.8, 4) is 0 Å². The molecule has 7 heteroatoms. The standard InChI is InChI=1S/C19H25N5O.HI/c1-2-20-19(23-14-17(25)24-11-3-4-12-24)22-13-16-8-5-7-15-9-6-10-21-18(15)16;/h5-10H,2-4,11-14H2,1H3,(H2,20,22,23);1H. The molecule has 1 aliphatic heterocycles. The van der Waals surface area contributed by atoms with Crippen LogP contribution in [0.25, 0.3) is 10.9 Å². The Kier molecular flexibility index (Phi) is 8.08. The number of hydrogen-bond acceptors (Lipinski definition) is 3. The van der Waals surface area contributed by atoms with Gasteiger partial charge in [0.15, 0.2) is 5.96 Å². The Hall–Kier alpha value is -1.90. The van der Waals surface area contributed by atoms with Gasteiger partial charge in [0.25, 0.3) is 0 Å². The molecule has 140 valence electrons. The van der Waals surface area contributed by atoms with Gasteiger partial charge in [-0.25, -0.2) is 4.99 Å². The third-order valence-corrected chi connectivity index (χ3v) is 4.33. The molecule has 1 aliphatic rings. The number of hydrogen-bond donors (Lipinski definition) is 2. The van der Waals surface area contributed by atoms with Crippen LogP contribution in [-0.4, -0.2) is 47.9 Å². The largest absolute Gasteiger partial charge is 0.357 e. The van der Waals surface area contributed by atoms with Crippen LogP contribution in [-0.2, 0) is 11.3 Å². The molecule has 0 radical (unpaired) electrons. The summed E-state index contributed by atoms with van der Waals surface area (Å²) in [6.07, 6.45) is 4.01. The quantitative estimate of drug-likeness (QED) is 0.403. The van der Waals surface area contributed by atoms with Gasteiger partial charge in [-0.15, -0.1) is 24.0 Å². The number of aliphatic imine (C=N–C) groups is 1. The zero-order valence-electron chi connectivity index (χ0n) is 15.1. The van der Waals surface area contributed by atoms with Crippen molar-refractivity contribution in [1.82, 2.24) is 20.5 Å². The molecule has 2 N–H and O–H groups in total. The Morgan fingerprint density at radius 2 is 1.96 bits per heavy atom. The predicted octanol–water partition coefficient (Wildman–Crippen LogP) is 2.53. The van der Waals surface area contributed by atoms with Crippen LogP contribution in [0.4, 0.5) is 0 Å². The highest BCUT2D eigenvalue weighted by Crippen LogP contribution is 2.16. The maximum atomic E-state index is 12.2. The molecular formula is C19H26IN5O. The van der Waals surface area contributed by atoms with E-state index in [2.05, 4.69) is 20.6 Å². The van der Waals surface area contributed by atoms with E-state index in [1.54, 1.807) is 6.20 Å². The fourth-order valence-electron chi connectivity index (χ4n) is 3.04. The number of rotatable bonds is 5. The molecule has 2 aromatic rings. The summed E-state index contributed by atoms with van der Waals surface area (Å²) in [7, 11) is 0. The van der Waals surface area contributed by atoms with Gasteiger partial charge in [0.2, 0.25) is 5.91 Å². The summed E-state index contributed by atoms with van der Waals surface area (Å²) in [6.45, 7) is 5.30. The lowest BCUT2D eigenvalue weighted by molar-refractivity contribution is -0.128. The van der Waals surface area contributed by atoms with Crippen LogP contribution >= 0.6 is 24.0 Å². The lowest BCUT2D eigenvalue weighted by Crippen LogP contribution is -2.44. The van der Waals surface area contributed by atoms with E-state index in [-0.39, 0.29) is 36.4 Å². The van der Waals surface area contributed by atoms with Crippen LogP contribution in [0.15, 0.2) is 41.5 Å². The number of fused-ring (bicyclic) bond motifs is 1. The van der Waals surface area contributed by atoms with E-state index < -0.39 is 0 Å². The van der Waals surface area contributed by atoms with E-state index in [4.69, 9.17) is 0 Å². The number of nitrogens with one attached hydrogen (secondary N) is 2. The molecule has 1 aromatic carbocycles. The number of guanidine groups is 1. The van der Waals surface area contributed by atoms with Crippen molar-refractivity contribution in [3.05, 3.63) is 42.1 Å². The minimum absolute atomic E-state index is 0. The molecule has 6 nitrogen and oxygen atoms in total. The summed E-state index contributed by atoms with van der Waals surface area (Å²) >= 11 is 0. The van der Waals surface area contributed by atoms with Crippen LogP contribution < -0.4 is 10.6 Å². The zero-order valence-corrected chi connectivity index (χ0v) is 17.4. The second-order valence-corrected chi connectivity index (χ2v) is 6.13. The van der Waals surface area contributed by atoms with Gasteiger partial charge >= 0.3 is 0 Å². The Balaban J connectivity index is 0.00000243. The number of pyridine rings is 1. The molecule has 3 rings (SSSR count). The van der Waals surface area contributed by atoms with Crippen LogP contribution in [0.5, 0.6) is 0 Å². The maximum absolute atomic E-state index is 12.2. The lowest BCUT2D eigenvalue weighted by Gasteiger charge is -2.17. The summed E-state index contributed by atoms with van der Waals surface area (Å²) in [4.78, 5) is 23.2. The van der Waals surface area contributed by atoms with Crippen LogP contribution in [0, 0.1) is 0 Å². The summed E-state index contributed by atoms with van der Waals surface area (Å²) in [6, 6.07) is 10.1. The third kappa shape index (κ3) is 5.30. The first kappa shape index (κ1) is 20.4. The molecule has 0 aliphatic carbocycles. The van der Waals surface area contributed by atoms with Crippen molar-refractivity contribution in [1.29, 1.82) is 0 Å². The molecule has 1 amide bonds.